The monoisotopic (exact) mass is 159 g/mol. The van der Waals surface area contributed by atoms with Crippen LogP contribution in [0.3, 0.4) is 0 Å². The fourth-order valence-electron chi connectivity index (χ4n) is 1.07. The van der Waals surface area contributed by atoms with Crippen LogP contribution >= 0.6 is 0 Å². The van der Waals surface area contributed by atoms with Crippen LogP contribution in [0.4, 0.5) is 0 Å². The van der Waals surface area contributed by atoms with Crippen molar-refractivity contribution >= 4 is 5.71 Å². The van der Waals surface area contributed by atoms with Crippen LogP contribution < -0.4 is 0 Å². The zero-order valence-electron chi connectivity index (χ0n) is 7.49. The molecule has 0 spiro atoms. The number of benzene rings is 1. The van der Waals surface area contributed by atoms with Crippen molar-refractivity contribution < 1.29 is 0 Å². The van der Waals surface area contributed by atoms with Crippen LogP contribution in [0, 0.1) is 0 Å². The normalized spacial score (nSPS) is 12.3. The van der Waals surface area contributed by atoms with E-state index in [1.54, 1.807) is 0 Å². The van der Waals surface area contributed by atoms with Gasteiger partial charge in [0.15, 0.2) is 0 Å². The van der Waals surface area contributed by atoms with E-state index in [2.05, 4.69) is 17.1 Å². The van der Waals surface area contributed by atoms with E-state index in [4.69, 9.17) is 0 Å². The molecular weight excluding hydrogens is 146 g/mol. The molecule has 0 bridgehead atoms. The molecule has 1 rings (SSSR count). The molecule has 0 aliphatic heterocycles. The standard InChI is InChI=1S/C11H13N/c1-3-7-11(12-2)10-8-5-4-6-9-10/h3-9H,1-2H3/b7-3-,12-11?. The van der Waals surface area contributed by atoms with E-state index in [1.165, 1.54) is 0 Å². The molecule has 12 heavy (non-hydrogen) atoms. The molecule has 0 aliphatic rings. The summed E-state index contributed by atoms with van der Waals surface area (Å²) in [5, 5.41) is 0. The molecule has 0 aromatic heterocycles. The van der Waals surface area contributed by atoms with Crippen molar-refractivity contribution in [3.63, 3.8) is 0 Å². The van der Waals surface area contributed by atoms with Gasteiger partial charge in [-0.15, -0.1) is 0 Å². The highest BCUT2D eigenvalue weighted by molar-refractivity contribution is 6.08. The van der Waals surface area contributed by atoms with Gasteiger partial charge in [-0.25, -0.2) is 0 Å². The summed E-state index contributed by atoms with van der Waals surface area (Å²) in [5.41, 5.74) is 2.19. The Morgan fingerprint density at radius 1 is 1.25 bits per heavy atom. The maximum absolute atomic E-state index is 4.18. The Morgan fingerprint density at radius 2 is 1.92 bits per heavy atom. The summed E-state index contributed by atoms with van der Waals surface area (Å²) >= 11 is 0. The Morgan fingerprint density at radius 3 is 2.42 bits per heavy atom. The second-order valence-corrected chi connectivity index (χ2v) is 2.47. The third-order valence-corrected chi connectivity index (χ3v) is 1.63. The fourth-order valence-corrected chi connectivity index (χ4v) is 1.07. The van der Waals surface area contributed by atoms with Crippen LogP contribution in [0.2, 0.25) is 0 Å². The van der Waals surface area contributed by atoms with Gasteiger partial charge in [0.25, 0.3) is 0 Å². The van der Waals surface area contributed by atoms with E-state index in [0.29, 0.717) is 0 Å². The number of hydrogen-bond donors (Lipinski definition) is 0. The van der Waals surface area contributed by atoms with Gasteiger partial charge in [0.2, 0.25) is 0 Å². The highest BCUT2D eigenvalue weighted by Gasteiger charge is 1.94. The minimum absolute atomic E-state index is 1.03. The molecular formula is C11H13N. The lowest BCUT2D eigenvalue weighted by atomic mass is 10.1. The molecule has 0 amide bonds. The first-order valence-corrected chi connectivity index (χ1v) is 4.03. The number of nitrogens with zero attached hydrogens (tertiary/aromatic N) is 1. The van der Waals surface area contributed by atoms with Gasteiger partial charge in [-0.05, 0) is 18.6 Å². The average Bonchev–Trinajstić information content (AvgIpc) is 2.15. The van der Waals surface area contributed by atoms with Crippen LogP contribution in [-0.2, 0) is 0 Å². The van der Waals surface area contributed by atoms with Gasteiger partial charge >= 0.3 is 0 Å². The SMILES string of the molecule is C/C=C\C(=NC)c1ccccc1. The first-order chi connectivity index (χ1) is 5.88. The highest BCUT2D eigenvalue weighted by atomic mass is 14.7. The number of aliphatic imine (C=N–C) groups is 1. The van der Waals surface area contributed by atoms with Crippen LogP contribution in [0.5, 0.6) is 0 Å². The Hall–Kier alpha value is -1.37. The van der Waals surface area contributed by atoms with Gasteiger partial charge in [0, 0.05) is 7.05 Å². The van der Waals surface area contributed by atoms with Gasteiger partial charge in [0.1, 0.15) is 0 Å². The average molecular weight is 159 g/mol. The third-order valence-electron chi connectivity index (χ3n) is 1.63. The summed E-state index contributed by atoms with van der Waals surface area (Å²) < 4.78 is 0. The topological polar surface area (TPSA) is 12.4 Å². The van der Waals surface area contributed by atoms with Gasteiger partial charge in [-0.1, -0.05) is 36.4 Å². The van der Waals surface area contributed by atoms with Gasteiger partial charge in [0.05, 0.1) is 5.71 Å². The van der Waals surface area contributed by atoms with Gasteiger partial charge in [-0.2, -0.15) is 0 Å². The molecule has 0 radical (unpaired) electrons. The number of allylic oxidation sites excluding steroid dienone is 2. The summed E-state index contributed by atoms with van der Waals surface area (Å²) in [6.07, 6.45) is 4.00. The largest absolute Gasteiger partial charge is 0.288 e. The van der Waals surface area contributed by atoms with Crippen molar-refractivity contribution in [3.8, 4) is 0 Å². The molecule has 0 atom stereocenters. The van der Waals surface area contributed by atoms with Gasteiger partial charge < -0.3 is 0 Å². The molecule has 1 heteroatoms. The van der Waals surface area contributed by atoms with Crippen molar-refractivity contribution in [1.82, 2.24) is 0 Å². The van der Waals surface area contributed by atoms with Crippen LogP contribution in [0.15, 0.2) is 47.5 Å². The van der Waals surface area contributed by atoms with Crippen LogP contribution in [-0.4, -0.2) is 12.8 Å². The van der Waals surface area contributed by atoms with Crippen molar-refractivity contribution in [2.45, 2.75) is 6.92 Å². The first kappa shape index (κ1) is 8.72. The smallest absolute Gasteiger partial charge is 0.0639 e. The summed E-state index contributed by atoms with van der Waals surface area (Å²) in [4.78, 5) is 4.18. The Labute approximate surface area is 73.5 Å². The van der Waals surface area contributed by atoms with Crippen LogP contribution in [0.25, 0.3) is 0 Å². The van der Waals surface area contributed by atoms with E-state index in [1.807, 2.05) is 44.3 Å². The summed E-state index contributed by atoms with van der Waals surface area (Å²) in [7, 11) is 1.81. The Kier molecular flexibility index (Phi) is 3.27. The predicted octanol–water partition coefficient (Wildman–Crippen LogP) is 2.68. The molecule has 0 aliphatic carbocycles. The summed E-state index contributed by atoms with van der Waals surface area (Å²) in [5.74, 6) is 0. The molecule has 0 saturated heterocycles. The van der Waals surface area contributed by atoms with Crippen molar-refractivity contribution in [2.75, 3.05) is 7.05 Å². The molecule has 0 heterocycles. The number of hydrogen-bond acceptors (Lipinski definition) is 1. The Bertz CT molecular complexity index is 283. The van der Waals surface area contributed by atoms with Crippen molar-refractivity contribution in [2.24, 2.45) is 4.99 Å². The van der Waals surface area contributed by atoms with Crippen molar-refractivity contribution in [1.29, 1.82) is 0 Å². The maximum atomic E-state index is 4.18. The van der Waals surface area contributed by atoms with E-state index >= 15 is 0 Å². The second kappa shape index (κ2) is 4.50. The van der Waals surface area contributed by atoms with E-state index < -0.39 is 0 Å². The van der Waals surface area contributed by atoms with Crippen LogP contribution in [0.1, 0.15) is 12.5 Å². The molecule has 1 aromatic rings. The molecule has 0 unspecified atom stereocenters. The number of rotatable bonds is 2. The predicted molar refractivity (Wildman–Crippen MR) is 53.7 cm³/mol. The summed E-state index contributed by atoms with van der Waals surface area (Å²) in [6.45, 7) is 1.99. The highest BCUT2D eigenvalue weighted by Crippen LogP contribution is 2.01. The summed E-state index contributed by atoms with van der Waals surface area (Å²) in [6, 6.07) is 10.2. The lowest BCUT2D eigenvalue weighted by Gasteiger charge is -1.98. The molecule has 0 saturated carbocycles. The fraction of sp³-hybridized carbons (Fsp3) is 0.182. The second-order valence-electron chi connectivity index (χ2n) is 2.47. The van der Waals surface area contributed by atoms with E-state index in [0.717, 1.165) is 11.3 Å². The first-order valence-electron chi connectivity index (χ1n) is 4.03. The minimum Gasteiger partial charge on any atom is -0.288 e. The Balaban J connectivity index is 2.97. The zero-order chi connectivity index (χ0) is 8.81. The quantitative estimate of drug-likeness (QED) is 0.588. The van der Waals surface area contributed by atoms with Gasteiger partial charge in [-0.3, -0.25) is 4.99 Å². The van der Waals surface area contributed by atoms with E-state index in [9.17, 15) is 0 Å². The third kappa shape index (κ3) is 2.06. The molecule has 1 nitrogen and oxygen atoms in total. The lowest BCUT2D eigenvalue weighted by Crippen LogP contribution is -1.94. The lowest BCUT2D eigenvalue weighted by molar-refractivity contribution is 1.43. The molecule has 1 aromatic carbocycles. The molecule has 62 valence electrons. The van der Waals surface area contributed by atoms with Crippen molar-refractivity contribution in [3.05, 3.63) is 48.0 Å². The maximum Gasteiger partial charge on any atom is 0.0639 e. The zero-order valence-corrected chi connectivity index (χ0v) is 7.49. The van der Waals surface area contributed by atoms with E-state index in [-0.39, 0.29) is 0 Å². The molecule has 0 N–H and O–H groups in total. The minimum atomic E-state index is 1.03. The molecule has 0 fully saturated rings.